The van der Waals surface area contributed by atoms with E-state index in [1.54, 1.807) is 0 Å². The molecule has 1 fully saturated rings. The molecule has 1 saturated carbocycles. The second kappa shape index (κ2) is 4.09. The van der Waals surface area contributed by atoms with Gasteiger partial charge in [0.1, 0.15) is 0 Å². The van der Waals surface area contributed by atoms with Gasteiger partial charge in [-0.3, -0.25) is 4.79 Å². The van der Waals surface area contributed by atoms with Gasteiger partial charge in [0, 0.05) is 5.41 Å². The Balaban J connectivity index is 2.33. The second-order valence-electron chi connectivity index (χ2n) is 7.08. The molecule has 2 atom stereocenters. The van der Waals surface area contributed by atoms with Crippen molar-refractivity contribution >= 4 is 5.97 Å². The van der Waals surface area contributed by atoms with E-state index in [4.69, 9.17) is 0 Å². The quantitative estimate of drug-likeness (QED) is 0.887. The monoisotopic (exact) mass is 260 g/mol. The van der Waals surface area contributed by atoms with Crippen molar-refractivity contribution in [2.45, 2.75) is 58.3 Å². The van der Waals surface area contributed by atoms with Gasteiger partial charge < -0.3 is 5.11 Å². The van der Waals surface area contributed by atoms with E-state index >= 15 is 0 Å². The van der Waals surface area contributed by atoms with E-state index in [1.165, 1.54) is 5.56 Å². The third kappa shape index (κ3) is 1.98. The minimum atomic E-state index is -0.655. The van der Waals surface area contributed by atoms with Gasteiger partial charge in [0.25, 0.3) is 0 Å². The number of carboxylic acids is 1. The van der Waals surface area contributed by atoms with E-state index in [2.05, 4.69) is 52.0 Å². The van der Waals surface area contributed by atoms with E-state index in [0.29, 0.717) is 6.42 Å². The number of hydrogen-bond acceptors (Lipinski definition) is 1. The van der Waals surface area contributed by atoms with Crippen LogP contribution in [0.25, 0.3) is 0 Å². The summed E-state index contributed by atoms with van der Waals surface area (Å²) in [5.41, 5.74) is 1.82. The SMILES string of the molecule is CCC1(C(=O)O)CC1(C)c1ccc(C(C)(C)C)cc1. The van der Waals surface area contributed by atoms with Gasteiger partial charge >= 0.3 is 5.97 Å². The summed E-state index contributed by atoms with van der Waals surface area (Å²) in [5.74, 6) is -0.655. The summed E-state index contributed by atoms with van der Waals surface area (Å²) in [7, 11) is 0. The zero-order chi connectivity index (χ0) is 14.5. The third-order valence-corrected chi connectivity index (χ3v) is 4.99. The Hall–Kier alpha value is -1.31. The number of rotatable bonds is 3. The number of carboxylic acid groups (broad SMARTS) is 1. The Morgan fingerprint density at radius 3 is 2.11 bits per heavy atom. The van der Waals surface area contributed by atoms with Gasteiger partial charge in [-0.25, -0.2) is 0 Å². The van der Waals surface area contributed by atoms with E-state index in [0.717, 1.165) is 12.0 Å². The molecule has 104 valence electrons. The Bertz CT molecular complexity index is 495. The summed E-state index contributed by atoms with van der Waals surface area (Å²) < 4.78 is 0. The highest BCUT2D eigenvalue weighted by molar-refractivity contribution is 5.82. The molecule has 1 aromatic rings. The molecule has 0 radical (unpaired) electrons. The van der Waals surface area contributed by atoms with Gasteiger partial charge in [-0.1, -0.05) is 58.9 Å². The van der Waals surface area contributed by atoms with Crippen LogP contribution >= 0.6 is 0 Å². The summed E-state index contributed by atoms with van der Waals surface area (Å²) in [6.07, 6.45) is 1.44. The molecule has 2 heteroatoms. The highest BCUT2D eigenvalue weighted by Crippen LogP contribution is 2.66. The van der Waals surface area contributed by atoms with Crippen molar-refractivity contribution in [2.75, 3.05) is 0 Å². The van der Waals surface area contributed by atoms with Crippen LogP contribution in [0.3, 0.4) is 0 Å². The molecule has 0 aliphatic heterocycles. The van der Waals surface area contributed by atoms with Crippen LogP contribution in [0.2, 0.25) is 0 Å². The number of benzene rings is 1. The number of hydrogen-bond donors (Lipinski definition) is 1. The first-order valence-electron chi connectivity index (χ1n) is 7.02. The van der Waals surface area contributed by atoms with E-state index in [9.17, 15) is 9.90 Å². The molecule has 19 heavy (non-hydrogen) atoms. The standard InChI is InChI=1S/C17H24O2/c1-6-17(14(18)19)11-16(17,5)13-9-7-12(8-10-13)15(2,3)4/h7-10H,6,11H2,1-5H3,(H,18,19). The molecule has 2 rings (SSSR count). The Labute approximate surface area is 115 Å². The lowest BCUT2D eigenvalue weighted by molar-refractivity contribution is -0.144. The lowest BCUT2D eigenvalue weighted by Crippen LogP contribution is -2.24. The molecule has 0 bridgehead atoms. The molecule has 1 aromatic carbocycles. The molecule has 0 spiro atoms. The lowest BCUT2D eigenvalue weighted by Gasteiger charge is -2.22. The van der Waals surface area contributed by atoms with E-state index < -0.39 is 11.4 Å². The molecular formula is C17H24O2. The van der Waals surface area contributed by atoms with Crippen molar-refractivity contribution in [1.82, 2.24) is 0 Å². The lowest BCUT2D eigenvalue weighted by atomic mass is 9.82. The van der Waals surface area contributed by atoms with Gasteiger partial charge in [-0.15, -0.1) is 0 Å². The van der Waals surface area contributed by atoms with Crippen LogP contribution in [-0.2, 0) is 15.6 Å². The van der Waals surface area contributed by atoms with Crippen molar-refractivity contribution in [1.29, 1.82) is 0 Å². The summed E-state index contributed by atoms with van der Waals surface area (Å²) in [4.78, 5) is 11.5. The van der Waals surface area contributed by atoms with Crippen molar-refractivity contribution in [3.63, 3.8) is 0 Å². The fourth-order valence-electron chi connectivity index (χ4n) is 3.25. The molecule has 0 amide bonds. The highest BCUT2D eigenvalue weighted by Gasteiger charge is 2.68. The van der Waals surface area contributed by atoms with Gasteiger partial charge in [0.05, 0.1) is 5.41 Å². The maximum Gasteiger partial charge on any atom is 0.310 e. The van der Waals surface area contributed by atoms with Crippen molar-refractivity contribution in [3.8, 4) is 0 Å². The molecule has 0 saturated heterocycles. The number of carbonyl (C=O) groups is 1. The first-order valence-corrected chi connectivity index (χ1v) is 7.02. The fourth-order valence-corrected chi connectivity index (χ4v) is 3.25. The van der Waals surface area contributed by atoms with Crippen molar-refractivity contribution in [3.05, 3.63) is 35.4 Å². The summed E-state index contributed by atoms with van der Waals surface area (Å²) >= 11 is 0. The topological polar surface area (TPSA) is 37.3 Å². The Kier molecular flexibility index (Phi) is 3.04. The first-order chi connectivity index (χ1) is 8.67. The van der Waals surface area contributed by atoms with Crippen LogP contribution in [0.5, 0.6) is 0 Å². The van der Waals surface area contributed by atoms with Gasteiger partial charge in [-0.05, 0) is 29.4 Å². The molecule has 0 heterocycles. The predicted molar refractivity (Wildman–Crippen MR) is 77.5 cm³/mol. The second-order valence-corrected chi connectivity index (χ2v) is 7.08. The van der Waals surface area contributed by atoms with Crippen LogP contribution in [0, 0.1) is 5.41 Å². The molecule has 1 aliphatic carbocycles. The van der Waals surface area contributed by atoms with Crippen molar-refractivity contribution < 1.29 is 9.90 Å². The molecule has 1 aliphatic rings. The third-order valence-electron chi connectivity index (χ3n) is 4.99. The molecule has 2 unspecified atom stereocenters. The zero-order valence-corrected chi connectivity index (χ0v) is 12.6. The van der Waals surface area contributed by atoms with Crippen LogP contribution in [0.1, 0.15) is 58.6 Å². The average Bonchev–Trinajstić information content (AvgIpc) is 2.97. The zero-order valence-electron chi connectivity index (χ0n) is 12.6. The Morgan fingerprint density at radius 1 is 1.26 bits per heavy atom. The smallest absolute Gasteiger partial charge is 0.310 e. The highest BCUT2D eigenvalue weighted by atomic mass is 16.4. The average molecular weight is 260 g/mol. The van der Waals surface area contributed by atoms with Crippen LogP contribution in [0.4, 0.5) is 0 Å². The molecule has 2 nitrogen and oxygen atoms in total. The largest absolute Gasteiger partial charge is 0.481 e. The van der Waals surface area contributed by atoms with Crippen LogP contribution in [0.15, 0.2) is 24.3 Å². The predicted octanol–water partition coefficient (Wildman–Crippen LogP) is 4.13. The summed E-state index contributed by atoms with van der Waals surface area (Å²) in [5, 5.41) is 9.48. The molecule has 0 aromatic heterocycles. The van der Waals surface area contributed by atoms with Crippen LogP contribution < -0.4 is 0 Å². The van der Waals surface area contributed by atoms with Gasteiger partial charge in [0.15, 0.2) is 0 Å². The van der Waals surface area contributed by atoms with E-state index in [1.807, 2.05) is 6.92 Å². The Morgan fingerprint density at radius 2 is 1.79 bits per heavy atom. The van der Waals surface area contributed by atoms with Crippen LogP contribution in [-0.4, -0.2) is 11.1 Å². The summed E-state index contributed by atoms with van der Waals surface area (Å²) in [6.45, 7) is 10.6. The van der Waals surface area contributed by atoms with Gasteiger partial charge in [0.2, 0.25) is 0 Å². The minimum Gasteiger partial charge on any atom is -0.481 e. The fraction of sp³-hybridized carbons (Fsp3) is 0.588. The van der Waals surface area contributed by atoms with E-state index in [-0.39, 0.29) is 10.8 Å². The minimum absolute atomic E-state index is 0.137. The van der Waals surface area contributed by atoms with Gasteiger partial charge in [-0.2, -0.15) is 0 Å². The number of aliphatic carboxylic acids is 1. The maximum absolute atomic E-state index is 11.5. The normalized spacial score (nSPS) is 30.2. The first kappa shape index (κ1) is 14.1. The maximum atomic E-state index is 11.5. The van der Waals surface area contributed by atoms with Crippen molar-refractivity contribution in [2.24, 2.45) is 5.41 Å². The summed E-state index contributed by atoms with van der Waals surface area (Å²) in [6, 6.07) is 8.50. The molecule has 1 N–H and O–H groups in total. The molecular weight excluding hydrogens is 236 g/mol.